The Morgan fingerprint density at radius 2 is 2.12 bits per heavy atom. The van der Waals surface area contributed by atoms with E-state index in [2.05, 4.69) is 5.10 Å². The largest absolute Gasteiger partial charge is 0.397 e. The van der Waals surface area contributed by atoms with Crippen LogP contribution in [0.25, 0.3) is 5.69 Å². The first-order valence-corrected chi connectivity index (χ1v) is 5.44. The van der Waals surface area contributed by atoms with Crippen LogP contribution in [-0.4, -0.2) is 9.78 Å². The Morgan fingerprint density at radius 1 is 1.41 bits per heavy atom. The molecule has 0 saturated heterocycles. The van der Waals surface area contributed by atoms with Gasteiger partial charge in [-0.3, -0.25) is 0 Å². The number of rotatable bonds is 1. The van der Waals surface area contributed by atoms with Crippen molar-refractivity contribution in [2.45, 2.75) is 13.8 Å². The second-order valence-electron chi connectivity index (χ2n) is 3.78. The molecule has 2 rings (SSSR count). The molecule has 0 spiro atoms. The third kappa shape index (κ3) is 1.85. The number of aryl methyl sites for hydroxylation is 1. The van der Waals surface area contributed by atoms with E-state index < -0.39 is 0 Å². The van der Waals surface area contributed by atoms with Gasteiger partial charge >= 0.3 is 0 Å². The maximum atomic E-state index is 8.78. The minimum atomic E-state index is 0.506. The Kier molecular flexibility index (Phi) is 2.78. The fraction of sp³-hybridized carbons (Fsp3) is 0.167. The van der Waals surface area contributed by atoms with Crippen LogP contribution in [0, 0.1) is 25.2 Å². The van der Waals surface area contributed by atoms with Gasteiger partial charge in [-0.1, -0.05) is 11.6 Å². The second-order valence-corrected chi connectivity index (χ2v) is 4.16. The fourth-order valence-corrected chi connectivity index (χ4v) is 1.79. The SMILES string of the molecule is Cc1nn(-c2ccc(C#N)cc2N)c(C)c1Cl. The highest BCUT2D eigenvalue weighted by molar-refractivity contribution is 6.31. The summed E-state index contributed by atoms with van der Waals surface area (Å²) >= 11 is 6.08. The van der Waals surface area contributed by atoms with Gasteiger partial charge in [0.1, 0.15) is 0 Å². The number of anilines is 1. The standard InChI is InChI=1S/C12H11ClN4/c1-7-12(13)8(2)17(16-7)11-4-3-9(6-14)5-10(11)15/h3-5H,15H2,1-2H3. The van der Waals surface area contributed by atoms with Crippen LogP contribution < -0.4 is 5.73 Å². The molecule has 1 heterocycles. The van der Waals surface area contributed by atoms with Crippen LogP contribution in [0.1, 0.15) is 17.0 Å². The number of nitriles is 1. The summed E-state index contributed by atoms with van der Waals surface area (Å²) in [6.45, 7) is 3.71. The molecule has 1 aromatic heterocycles. The Labute approximate surface area is 104 Å². The zero-order chi connectivity index (χ0) is 12.6. The molecule has 1 aromatic carbocycles. The molecular weight excluding hydrogens is 236 g/mol. The van der Waals surface area contributed by atoms with Gasteiger partial charge < -0.3 is 5.73 Å². The Bertz CT molecular complexity index is 622. The highest BCUT2D eigenvalue weighted by Crippen LogP contribution is 2.25. The lowest BCUT2D eigenvalue weighted by molar-refractivity contribution is 0.835. The smallest absolute Gasteiger partial charge is 0.0992 e. The molecule has 0 unspecified atom stereocenters. The lowest BCUT2D eigenvalue weighted by atomic mass is 10.2. The molecule has 17 heavy (non-hydrogen) atoms. The molecule has 2 aromatic rings. The van der Waals surface area contributed by atoms with Crippen molar-refractivity contribution in [1.82, 2.24) is 9.78 Å². The number of nitrogen functional groups attached to an aromatic ring is 1. The van der Waals surface area contributed by atoms with E-state index in [9.17, 15) is 0 Å². The second kappa shape index (κ2) is 4.11. The highest BCUT2D eigenvalue weighted by Gasteiger charge is 2.12. The van der Waals surface area contributed by atoms with Crippen molar-refractivity contribution in [1.29, 1.82) is 5.26 Å². The van der Waals surface area contributed by atoms with Gasteiger partial charge in [-0.25, -0.2) is 4.68 Å². The molecule has 4 nitrogen and oxygen atoms in total. The van der Waals surface area contributed by atoms with Crippen LogP contribution in [0.4, 0.5) is 5.69 Å². The Balaban J connectivity index is 2.62. The molecule has 0 fully saturated rings. The quantitative estimate of drug-likeness (QED) is 0.787. The summed E-state index contributed by atoms with van der Waals surface area (Å²) in [7, 11) is 0. The number of aromatic nitrogens is 2. The molecule has 0 radical (unpaired) electrons. The van der Waals surface area contributed by atoms with Gasteiger partial charge in [-0.15, -0.1) is 0 Å². The molecule has 0 aliphatic rings. The summed E-state index contributed by atoms with van der Waals surface area (Å²) in [4.78, 5) is 0. The zero-order valence-corrected chi connectivity index (χ0v) is 10.3. The van der Waals surface area contributed by atoms with Crippen molar-refractivity contribution in [3.05, 3.63) is 40.2 Å². The molecule has 0 aliphatic heterocycles. The lowest BCUT2D eigenvalue weighted by Crippen LogP contribution is -2.03. The van der Waals surface area contributed by atoms with Gasteiger partial charge in [0, 0.05) is 0 Å². The van der Waals surface area contributed by atoms with E-state index in [4.69, 9.17) is 22.6 Å². The monoisotopic (exact) mass is 246 g/mol. The molecular formula is C12H11ClN4. The number of nitrogens with zero attached hydrogens (tertiary/aromatic N) is 3. The zero-order valence-electron chi connectivity index (χ0n) is 9.53. The summed E-state index contributed by atoms with van der Waals surface area (Å²) in [5, 5.41) is 13.7. The van der Waals surface area contributed by atoms with Crippen LogP contribution in [0.2, 0.25) is 5.02 Å². The average molecular weight is 247 g/mol. The Morgan fingerprint density at radius 3 is 2.59 bits per heavy atom. The number of benzene rings is 1. The predicted octanol–water partition coefficient (Wildman–Crippen LogP) is 2.60. The van der Waals surface area contributed by atoms with Gasteiger partial charge in [0.15, 0.2) is 0 Å². The lowest BCUT2D eigenvalue weighted by Gasteiger charge is -2.07. The summed E-state index contributed by atoms with van der Waals surface area (Å²) in [5.41, 5.74) is 9.26. The molecule has 0 amide bonds. The predicted molar refractivity (Wildman–Crippen MR) is 67.2 cm³/mol. The minimum absolute atomic E-state index is 0.506. The van der Waals surface area contributed by atoms with E-state index in [1.54, 1.807) is 22.9 Å². The number of hydrogen-bond acceptors (Lipinski definition) is 3. The number of nitrogens with two attached hydrogens (primary N) is 1. The van der Waals surface area contributed by atoms with E-state index in [0.717, 1.165) is 17.1 Å². The van der Waals surface area contributed by atoms with Gasteiger partial charge in [-0.2, -0.15) is 10.4 Å². The summed E-state index contributed by atoms with van der Waals surface area (Å²) in [6.07, 6.45) is 0. The first-order chi connectivity index (χ1) is 8.04. The van der Waals surface area contributed by atoms with Crippen LogP contribution in [-0.2, 0) is 0 Å². The third-order valence-electron chi connectivity index (χ3n) is 2.59. The van der Waals surface area contributed by atoms with E-state index in [-0.39, 0.29) is 0 Å². The molecule has 0 aliphatic carbocycles. The Hall–Kier alpha value is -1.99. The van der Waals surface area contributed by atoms with Crippen LogP contribution in [0.5, 0.6) is 0 Å². The molecule has 5 heteroatoms. The van der Waals surface area contributed by atoms with Gasteiger partial charge in [0.25, 0.3) is 0 Å². The van der Waals surface area contributed by atoms with E-state index in [0.29, 0.717) is 16.3 Å². The van der Waals surface area contributed by atoms with E-state index in [1.165, 1.54) is 0 Å². The van der Waals surface area contributed by atoms with Crippen molar-refractivity contribution in [2.24, 2.45) is 0 Å². The summed E-state index contributed by atoms with van der Waals surface area (Å²) in [5.74, 6) is 0. The minimum Gasteiger partial charge on any atom is -0.397 e. The fourth-order valence-electron chi connectivity index (χ4n) is 1.68. The van der Waals surface area contributed by atoms with Crippen LogP contribution in [0.15, 0.2) is 18.2 Å². The third-order valence-corrected chi connectivity index (χ3v) is 3.13. The van der Waals surface area contributed by atoms with E-state index in [1.807, 2.05) is 19.9 Å². The number of hydrogen-bond donors (Lipinski definition) is 1. The molecule has 2 N–H and O–H groups in total. The van der Waals surface area contributed by atoms with Crippen molar-refractivity contribution >= 4 is 17.3 Å². The molecule has 0 bridgehead atoms. The normalized spacial score (nSPS) is 10.2. The van der Waals surface area contributed by atoms with Crippen molar-refractivity contribution in [3.63, 3.8) is 0 Å². The van der Waals surface area contributed by atoms with Crippen LogP contribution >= 0.6 is 11.6 Å². The highest BCUT2D eigenvalue weighted by atomic mass is 35.5. The van der Waals surface area contributed by atoms with E-state index >= 15 is 0 Å². The van der Waals surface area contributed by atoms with Gasteiger partial charge in [-0.05, 0) is 32.0 Å². The summed E-state index contributed by atoms with van der Waals surface area (Å²) < 4.78 is 1.69. The maximum absolute atomic E-state index is 8.78. The van der Waals surface area contributed by atoms with Crippen LogP contribution in [0.3, 0.4) is 0 Å². The van der Waals surface area contributed by atoms with Gasteiger partial charge in [0.05, 0.1) is 39.4 Å². The van der Waals surface area contributed by atoms with Crippen molar-refractivity contribution in [3.8, 4) is 11.8 Å². The topological polar surface area (TPSA) is 67.6 Å². The molecule has 0 saturated carbocycles. The summed E-state index contributed by atoms with van der Waals surface area (Å²) in [6, 6.07) is 7.14. The first kappa shape index (κ1) is 11.5. The first-order valence-electron chi connectivity index (χ1n) is 5.06. The van der Waals surface area contributed by atoms with Crippen molar-refractivity contribution in [2.75, 3.05) is 5.73 Å². The maximum Gasteiger partial charge on any atom is 0.0992 e. The molecule has 0 atom stereocenters. The molecule has 86 valence electrons. The number of halogens is 1. The average Bonchev–Trinajstić information content (AvgIpc) is 2.57. The van der Waals surface area contributed by atoms with Gasteiger partial charge in [0.2, 0.25) is 0 Å². The van der Waals surface area contributed by atoms with Crippen molar-refractivity contribution < 1.29 is 0 Å².